The smallest absolute Gasteiger partial charge is 0.211 e. The second kappa shape index (κ2) is 3.85. The number of rotatable bonds is 3. The lowest BCUT2D eigenvalue weighted by Crippen LogP contribution is -1.95. The van der Waals surface area contributed by atoms with Gasteiger partial charge in [0.15, 0.2) is 0 Å². The zero-order valence-electron chi connectivity index (χ0n) is 6.80. The van der Waals surface area contributed by atoms with E-state index in [1.807, 2.05) is 6.92 Å². The van der Waals surface area contributed by atoms with Crippen LogP contribution in [0.3, 0.4) is 0 Å². The highest BCUT2D eigenvalue weighted by molar-refractivity contribution is 5.71. The van der Waals surface area contributed by atoms with E-state index in [0.717, 1.165) is 0 Å². The van der Waals surface area contributed by atoms with Crippen LogP contribution in [0.1, 0.15) is 12.5 Å². The number of benzene rings is 1. The Bertz CT molecular complexity index is 286. The number of nitrogens with one attached hydrogen (secondary N) is 1. The monoisotopic (exact) mass is 167 g/mol. The Morgan fingerprint density at radius 3 is 2.83 bits per heavy atom. The number of aryl methyl sites for hydroxylation is 1. The molecular weight excluding hydrogens is 157 g/mol. The lowest BCUT2D eigenvalue weighted by Gasteiger charge is -2.01. The molecule has 0 saturated heterocycles. The summed E-state index contributed by atoms with van der Waals surface area (Å²) in [6.45, 7) is 1.88. The van der Waals surface area contributed by atoms with E-state index in [0.29, 0.717) is 24.1 Å². The third-order valence-electron chi connectivity index (χ3n) is 1.66. The van der Waals surface area contributed by atoms with Gasteiger partial charge in [0.2, 0.25) is 6.41 Å². The highest BCUT2D eigenvalue weighted by atomic mass is 19.1. The molecule has 0 aliphatic rings. The van der Waals surface area contributed by atoms with Crippen molar-refractivity contribution in [2.45, 2.75) is 13.3 Å². The van der Waals surface area contributed by atoms with Crippen molar-refractivity contribution >= 4 is 12.1 Å². The summed E-state index contributed by atoms with van der Waals surface area (Å²) in [5, 5.41) is 2.38. The molecule has 0 aromatic heterocycles. The van der Waals surface area contributed by atoms with Crippen LogP contribution in [0, 0.1) is 5.82 Å². The molecule has 1 aromatic rings. The molecule has 1 rings (SSSR count). The molecular formula is C9H10FNO. The molecule has 0 saturated carbocycles. The van der Waals surface area contributed by atoms with Crippen molar-refractivity contribution in [1.82, 2.24) is 0 Å². The minimum atomic E-state index is -0.274. The van der Waals surface area contributed by atoms with E-state index in [1.54, 1.807) is 12.1 Å². The summed E-state index contributed by atoms with van der Waals surface area (Å²) in [6.07, 6.45) is 1.19. The second-order valence-electron chi connectivity index (χ2n) is 2.42. The molecule has 1 amide bonds. The highest BCUT2D eigenvalue weighted by Crippen LogP contribution is 2.13. The SMILES string of the molecule is CCc1ccc(NC=O)cc1F. The Morgan fingerprint density at radius 2 is 2.33 bits per heavy atom. The summed E-state index contributed by atoms with van der Waals surface area (Å²) in [6, 6.07) is 4.66. The molecule has 0 spiro atoms. The molecule has 1 N–H and O–H groups in total. The van der Waals surface area contributed by atoms with Crippen molar-refractivity contribution in [2.75, 3.05) is 5.32 Å². The quantitative estimate of drug-likeness (QED) is 0.685. The maximum absolute atomic E-state index is 13.0. The molecule has 0 bridgehead atoms. The van der Waals surface area contributed by atoms with Crippen LogP contribution < -0.4 is 5.32 Å². The van der Waals surface area contributed by atoms with Gasteiger partial charge in [-0.25, -0.2) is 4.39 Å². The van der Waals surface area contributed by atoms with Gasteiger partial charge in [0, 0.05) is 5.69 Å². The van der Waals surface area contributed by atoms with Gasteiger partial charge in [-0.3, -0.25) is 4.79 Å². The third-order valence-corrected chi connectivity index (χ3v) is 1.66. The van der Waals surface area contributed by atoms with E-state index in [4.69, 9.17) is 0 Å². The summed E-state index contributed by atoms with van der Waals surface area (Å²) in [5.41, 5.74) is 1.14. The predicted octanol–water partition coefficient (Wildman–Crippen LogP) is 1.96. The summed E-state index contributed by atoms with van der Waals surface area (Å²) in [7, 11) is 0. The molecule has 3 heteroatoms. The van der Waals surface area contributed by atoms with Gasteiger partial charge in [-0.1, -0.05) is 13.0 Å². The maximum Gasteiger partial charge on any atom is 0.211 e. The second-order valence-corrected chi connectivity index (χ2v) is 2.42. The van der Waals surface area contributed by atoms with Crippen molar-refractivity contribution in [3.8, 4) is 0 Å². The summed E-state index contributed by atoms with van der Waals surface area (Å²) in [5.74, 6) is -0.274. The zero-order valence-corrected chi connectivity index (χ0v) is 6.80. The van der Waals surface area contributed by atoms with E-state index < -0.39 is 0 Å². The first-order valence-electron chi connectivity index (χ1n) is 3.76. The van der Waals surface area contributed by atoms with Crippen molar-refractivity contribution in [1.29, 1.82) is 0 Å². The van der Waals surface area contributed by atoms with Gasteiger partial charge >= 0.3 is 0 Å². The van der Waals surface area contributed by atoms with Crippen molar-refractivity contribution in [2.24, 2.45) is 0 Å². The van der Waals surface area contributed by atoms with E-state index in [-0.39, 0.29) is 5.82 Å². The summed E-state index contributed by atoms with van der Waals surface area (Å²) >= 11 is 0. The Labute approximate surface area is 70.4 Å². The van der Waals surface area contributed by atoms with Gasteiger partial charge in [-0.2, -0.15) is 0 Å². The molecule has 0 fully saturated rings. The van der Waals surface area contributed by atoms with Crippen LogP contribution in [-0.4, -0.2) is 6.41 Å². The van der Waals surface area contributed by atoms with Gasteiger partial charge in [0.05, 0.1) is 0 Å². The van der Waals surface area contributed by atoms with Crippen LogP contribution in [0.2, 0.25) is 0 Å². The largest absolute Gasteiger partial charge is 0.329 e. The normalized spacial score (nSPS) is 9.50. The molecule has 0 unspecified atom stereocenters. The Balaban J connectivity index is 2.93. The molecule has 0 aliphatic heterocycles. The average Bonchev–Trinajstić information content (AvgIpc) is 2.05. The van der Waals surface area contributed by atoms with E-state index >= 15 is 0 Å². The van der Waals surface area contributed by atoms with Gasteiger partial charge in [0.1, 0.15) is 5.82 Å². The predicted molar refractivity (Wildman–Crippen MR) is 45.5 cm³/mol. The third kappa shape index (κ3) is 1.81. The number of halogens is 1. The lowest BCUT2D eigenvalue weighted by molar-refractivity contribution is -0.105. The van der Waals surface area contributed by atoms with Crippen LogP contribution in [0.4, 0.5) is 10.1 Å². The Hall–Kier alpha value is -1.38. The first-order chi connectivity index (χ1) is 5.77. The first-order valence-corrected chi connectivity index (χ1v) is 3.76. The van der Waals surface area contributed by atoms with Crippen molar-refractivity contribution in [3.05, 3.63) is 29.6 Å². The van der Waals surface area contributed by atoms with Gasteiger partial charge in [-0.05, 0) is 24.1 Å². The van der Waals surface area contributed by atoms with Crippen LogP contribution in [0.15, 0.2) is 18.2 Å². The minimum Gasteiger partial charge on any atom is -0.329 e. The number of hydrogen-bond donors (Lipinski definition) is 1. The topological polar surface area (TPSA) is 29.1 Å². The number of carbonyl (C=O) groups excluding carboxylic acids is 1. The van der Waals surface area contributed by atoms with Gasteiger partial charge in [0.25, 0.3) is 0 Å². The molecule has 12 heavy (non-hydrogen) atoms. The molecule has 0 radical (unpaired) electrons. The number of carbonyl (C=O) groups is 1. The van der Waals surface area contributed by atoms with E-state index in [9.17, 15) is 9.18 Å². The van der Waals surface area contributed by atoms with Crippen LogP contribution in [0.25, 0.3) is 0 Å². The Kier molecular flexibility index (Phi) is 2.80. The van der Waals surface area contributed by atoms with Crippen molar-refractivity contribution < 1.29 is 9.18 Å². The molecule has 0 aliphatic carbocycles. The number of hydrogen-bond acceptors (Lipinski definition) is 1. The summed E-state index contributed by atoms with van der Waals surface area (Å²) in [4.78, 5) is 10.0. The molecule has 0 heterocycles. The molecule has 0 atom stereocenters. The fraction of sp³-hybridized carbons (Fsp3) is 0.222. The Morgan fingerprint density at radius 1 is 1.58 bits per heavy atom. The van der Waals surface area contributed by atoms with Crippen LogP contribution in [0.5, 0.6) is 0 Å². The minimum absolute atomic E-state index is 0.274. The van der Waals surface area contributed by atoms with E-state index in [2.05, 4.69) is 5.32 Å². The van der Waals surface area contributed by atoms with Gasteiger partial charge < -0.3 is 5.32 Å². The molecule has 64 valence electrons. The molecule has 2 nitrogen and oxygen atoms in total. The van der Waals surface area contributed by atoms with Crippen LogP contribution >= 0.6 is 0 Å². The lowest BCUT2D eigenvalue weighted by atomic mass is 10.1. The highest BCUT2D eigenvalue weighted by Gasteiger charge is 1.99. The van der Waals surface area contributed by atoms with Gasteiger partial charge in [-0.15, -0.1) is 0 Å². The first kappa shape index (κ1) is 8.71. The fourth-order valence-corrected chi connectivity index (χ4v) is 0.992. The maximum atomic E-state index is 13.0. The molecule has 1 aromatic carbocycles. The standard InChI is InChI=1S/C9H10FNO/c1-2-7-3-4-8(11-6-12)5-9(7)10/h3-6H,2H2,1H3,(H,11,12). The average molecular weight is 167 g/mol. The zero-order chi connectivity index (χ0) is 8.97. The number of anilines is 1. The van der Waals surface area contributed by atoms with Crippen LogP contribution in [-0.2, 0) is 11.2 Å². The fourth-order valence-electron chi connectivity index (χ4n) is 0.992. The van der Waals surface area contributed by atoms with Crippen molar-refractivity contribution in [3.63, 3.8) is 0 Å². The number of amides is 1. The van der Waals surface area contributed by atoms with E-state index in [1.165, 1.54) is 6.07 Å². The summed E-state index contributed by atoms with van der Waals surface area (Å²) < 4.78 is 13.0.